The van der Waals surface area contributed by atoms with Crippen molar-refractivity contribution >= 4 is 19.8 Å². The van der Waals surface area contributed by atoms with Gasteiger partial charge < -0.3 is 25.2 Å². The Balaban J connectivity index is 4.30. The molecule has 0 heterocycles. The van der Waals surface area contributed by atoms with Crippen LogP contribution in [0.4, 0.5) is 0 Å². The Morgan fingerprint density at radius 2 is 1.18 bits per heavy atom. The summed E-state index contributed by atoms with van der Waals surface area (Å²) in [4.78, 5) is 33.3. The Morgan fingerprint density at radius 3 is 1.78 bits per heavy atom. The molecule has 3 atom stereocenters. The molecule has 0 spiro atoms. The fourth-order valence-electron chi connectivity index (χ4n) is 4.71. The van der Waals surface area contributed by atoms with E-state index < -0.39 is 45.1 Å². The van der Waals surface area contributed by atoms with E-state index in [1.165, 1.54) is 32.1 Å². The fourth-order valence-corrected chi connectivity index (χ4v) is 5.49. The van der Waals surface area contributed by atoms with E-state index in [-0.39, 0.29) is 13.0 Å². The number of unbranched alkanes of at least 4 members (excludes halogenated alkanes) is 13. The molecular formula is C38H68NO9P. The number of rotatable bonds is 35. The Labute approximate surface area is 297 Å². The average Bonchev–Trinajstić information content (AvgIpc) is 3.07. The van der Waals surface area contributed by atoms with Crippen LogP contribution in [0.25, 0.3) is 0 Å². The van der Waals surface area contributed by atoms with Crippen molar-refractivity contribution in [3.05, 3.63) is 48.6 Å². The molecule has 0 aliphatic rings. The van der Waals surface area contributed by atoms with E-state index >= 15 is 0 Å². The van der Waals surface area contributed by atoms with Crippen LogP contribution >= 0.6 is 7.82 Å². The molecule has 0 aromatic heterocycles. The first-order chi connectivity index (χ1) is 23.7. The molecule has 284 valence electrons. The van der Waals surface area contributed by atoms with Crippen molar-refractivity contribution < 1.29 is 42.7 Å². The molecule has 11 heteroatoms. The Kier molecular flexibility index (Phi) is 32.9. The van der Waals surface area contributed by atoms with Gasteiger partial charge in [0.25, 0.3) is 0 Å². The first-order valence-electron chi connectivity index (χ1n) is 18.7. The van der Waals surface area contributed by atoms with E-state index in [1.807, 2.05) is 0 Å². The van der Waals surface area contributed by atoms with Crippen LogP contribution in [0.2, 0.25) is 0 Å². The van der Waals surface area contributed by atoms with Gasteiger partial charge in [-0.2, -0.15) is 0 Å². The third kappa shape index (κ3) is 34.2. The molecular weight excluding hydrogens is 645 g/mol. The lowest BCUT2D eigenvalue weighted by Crippen LogP contribution is -2.34. The van der Waals surface area contributed by atoms with Crippen molar-refractivity contribution in [2.45, 2.75) is 154 Å². The second kappa shape index (κ2) is 34.4. The lowest BCUT2D eigenvalue weighted by atomic mass is 10.1. The van der Waals surface area contributed by atoms with Crippen LogP contribution in [-0.4, -0.2) is 60.5 Å². The molecule has 0 rings (SSSR count). The Morgan fingerprint density at radius 1 is 0.673 bits per heavy atom. The number of carboxylic acids is 1. The van der Waals surface area contributed by atoms with Crippen molar-refractivity contribution in [3.8, 4) is 0 Å². The van der Waals surface area contributed by atoms with Gasteiger partial charge in [0, 0.05) is 13.0 Å². The number of hydrogen-bond donors (Lipinski definition) is 3. The van der Waals surface area contributed by atoms with Crippen molar-refractivity contribution in [1.29, 1.82) is 0 Å². The molecule has 4 N–H and O–H groups in total. The summed E-state index contributed by atoms with van der Waals surface area (Å²) < 4.78 is 33.1. The van der Waals surface area contributed by atoms with Crippen LogP contribution in [-0.2, 0) is 32.7 Å². The summed E-state index contributed by atoms with van der Waals surface area (Å²) in [5, 5.41) is 8.85. The summed E-state index contributed by atoms with van der Waals surface area (Å²) in [7, 11) is -4.61. The van der Waals surface area contributed by atoms with Crippen molar-refractivity contribution in [1.82, 2.24) is 0 Å². The van der Waals surface area contributed by atoms with E-state index in [4.69, 9.17) is 24.8 Å². The molecule has 0 saturated carbocycles. The average molecular weight is 714 g/mol. The molecule has 10 nitrogen and oxygen atoms in total. The van der Waals surface area contributed by atoms with Crippen molar-refractivity contribution in [2.24, 2.45) is 5.73 Å². The zero-order valence-electron chi connectivity index (χ0n) is 30.5. The molecule has 0 amide bonds. The summed E-state index contributed by atoms with van der Waals surface area (Å²) >= 11 is 0. The van der Waals surface area contributed by atoms with Gasteiger partial charge in [-0.25, -0.2) is 4.57 Å². The number of ether oxygens (including phenoxy) is 2. The van der Waals surface area contributed by atoms with Gasteiger partial charge in [0.15, 0.2) is 0 Å². The second-order valence-electron chi connectivity index (χ2n) is 12.3. The number of phosphoric ester groups is 1. The molecule has 0 aromatic carbocycles. The maximum atomic E-state index is 12.5. The van der Waals surface area contributed by atoms with E-state index in [1.54, 1.807) is 0 Å². The number of carbonyl (C=O) groups excluding carboxylic acids is 1. The smallest absolute Gasteiger partial charge is 0.472 e. The van der Waals surface area contributed by atoms with Crippen molar-refractivity contribution in [2.75, 3.05) is 26.4 Å². The second-order valence-corrected chi connectivity index (χ2v) is 13.8. The quantitative estimate of drug-likeness (QED) is 0.0250. The molecule has 0 bridgehead atoms. The van der Waals surface area contributed by atoms with Gasteiger partial charge in [-0.3, -0.25) is 18.6 Å². The van der Waals surface area contributed by atoms with Crippen LogP contribution in [0.15, 0.2) is 48.6 Å². The SMILES string of the molecule is CC/C=C\C/C=C\C/C=C\C/C=C\CCCCCCCOCC(COP(=O)(O)OCC(N)C(=O)O)OC(=O)CCCCCCCCCCC. The molecule has 0 fully saturated rings. The minimum Gasteiger partial charge on any atom is -0.480 e. The molecule has 3 unspecified atom stereocenters. The number of phosphoric acid groups is 1. The van der Waals surface area contributed by atoms with Gasteiger partial charge in [-0.05, 0) is 51.4 Å². The molecule has 0 aliphatic carbocycles. The van der Waals surface area contributed by atoms with Crippen LogP contribution < -0.4 is 5.73 Å². The van der Waals surface area contributed by atoms with Crippen LogP contribution in [0.3, 0.4) is 0 Å². The maximum Gasteiger partial charge on any atom is 0.472 e. The molecule has 49 heavy (non-hydrogen) atoms. The molecule has 0 radical (unpaired) electrons. The summed E-state index contributed by atoms with van der Waals surface area (Å²) in [6.45, 7) is 3.67. The van der Waals surface area contributed by atoms with Gasteiger partial charge in [-0.15, -0.1) is 0 Å². The van der Waals surface area contributed by atoms with Crippen molar-refractivity contribution in [3.63, 3.8) is 0 Å². The largest absolute Gasteiger partial charge is 0.480 e. The highest BCUT2D eigenvalue weighted by Gasteiger charge is 2.27. The topological polar surface area (TPSA) is 155 Å². The summed E-state index contributed by atoms with van der Waals surface area (Å²) in [5.41, 5.74) is 5.33. The van der Waals surface area contributed by atoms with Crippen LogP contribution in [0.1, 0.15) is 142 Å². The van der Waals surface area contributed by atoms with E-state index in [9.17, 15) is 19.0 Å². The maximum absolute atomic E-state index is 12.5. The number of allylic oxidation sites excluding steroid dienone is 8. The number of carbonyl (C=O) groups is 2. The van der Waals surface area contributed by atoms with Gasteiger partial charge >= 0.3 is 19.8 Å². The number of aliphatic carboxylic acids is 1. The highest BCUT2D eigenvalue weighted by Crippen LogP contribution is 2.43. The Hall–Kier alpha value is -2.07. The lowest BCUT2D eigenvalue weighted by molar-refractivity contribution is -0.154. The lowest BCUT2D eigenvalue weighted by Gasteiger charge is -2.20. The van der Waals surface area contributed by atoms with Gasteiger partial charge in [0.05, 0.1) is 19.8 Å². The van der Waals surface area contributed by atoms with Crippen LogP contribution in [0.5, 0.6) is 0 Å². The van der Waals surface area contributed by atoms with Crippen LogP contribution in [0, 0.1) is 0 Å². The van der Waals surface area contributed by atoms with Gasteiger partial charge in [-0.1, -0.05) is 133 Å². The third-order valence-electron chi connectivity index (χ3n) is 7.62. The third-order valence-corrected chi connectivity index (χ3v) is 8.57. The highest BCUT2D eigenvalue weighted by atomic mass is 31.2. The first kappa shape index (κ1) is 46.9. The number of hydrogen-bond acceptors (Lipinski definition) is 8. The van der Waals surface area contributed by atoms with Gasteiger partial charge in [0.1, 0.15) is 12.1 Å². The zero-order chi connectivity index (χ0) is 36.3. The monoisotopic (exact) mass is 713 g/mol. The van der Waals surface area contributed by atoms with E-state index in [0.717, 1.165) is 83.5 Å². The molecule has 0 aromatic rings. The minimum absolute atomic E-state index is 0.00394. The highest BCUT2D eigenvalue weighted by molar-refractivity contribution is 7.47. The predicted octanol–water partition coefficient (Wildman–Crippen LogP) is 9.53. The van der Waals surface area contributed by atoms with E-state index in [0.29, 0.717) is 13.0 Å². The molecule has 0 aliphatic heterocycles. The fraction of sp³-hybridized carbons (Fsp3) is 0.737. The predicted molar refractivity (Wildman–Crippen MR) is 198 cm³/mol. The number of esters is 1. The standard InChI is InChI=1S/C38H68NO9P/c1-3-5-7-9-11-13-14-15-16-17-18-19-20-21-23-25-27-29-31-45-32-35(33-46-49(43,44)47-34-36(39)38(41)42)48-37(40)30-28-26-24-22-12-10-8-6-4-2/h5,7,11,13,15-16,18-19,35-36H,3-4,6,8-10,12,14,17,20-34,39H2,1-2H3,(H,41,42)(H,43,44)/b7-5-,13-11-,16-15-,19-18-. The number of nitrogens with two attached hydrogens (primary N) is 1. The summed E-state index contributed by atoms with van der Waals surface area (Å²) in [5.74, 6) is -1.79. The number of carboxylic acid groups (broad SMARTS) is 1. The first-order valence-corrected chi connectivity index (χ1v) is 20.2. The normalized spacial score (nSPS) is 14.7. The minimum atomic E-state index is -4.61. The molecule has 0 saturated heterocycles. The summed E-state index contributed by atoms with van der Waals surface area (Å²) in [6, 6.07) is -1.47. The van der Waals surface area contributed by atoms with E-state index in [2.05, 4.69) is 67.0 Å². The zero-order valence-corrected chi connectivity index (χ0v) is 31.4. The van der Waals surface area contributed by atoms with Gasteiger partial charge in [0.2, 0.25) is 0 Å². The Bertz CT molecular complexity index is 967. The summed E-state index contributed by atoms with van der Waals surface area (Å²) in [6.07, 6.45) is 37.4.